The number of pyridine rings is 2. The predicted octanol–water partition coefficient (Wildman–Crippen LogP) is 5.01. The van der Waals surface area contributed by atoms with Crippen LogP contribution < -0.4 is 5.56 Å². The molecule has 1 saturated heterocycles. The van der Waals surface area contributed by atoms with Crippen molar-refractivity contribution >= 4 is 23.0 Å². The number of oxime groups is 1. The van der Waals surface area contributed by atoms with E-state index in [1.807, 2.05) is 5.38 Å². The van der Waals surface area contributed by atoms with E-state index in [4.69, 9.17) is 4.84 Å². The van der Waals surface area contributed by atoms with Crippen molar-refractivity contribution in [3.8, 4) is 0 Å². The van der Waals surface area contributed by atoms with E-state index in [2.05, 4.69) is 15.1 Å². The summed E-state index contributed by atoms with van der Waals surface area (Å²) in [6, 6.07) is 3.98. The zero-order chi connectivity index (χ0) is 28.7. The van der Waals surface area contributed by atoms with Gasteiger partial charge in [-0.15, -0.1) is 11.3 Å². The van der Waals surface area contributed by atoms with E-state index in [-0.39, 0.29) is 5.92 Å². The Balaban J connectivity index is 1.15. The Kier molecular flexibility index (Phi) is 7.42. The Bertz CT molecular complexity index is 1470. The lowest BCUT2D eigenvalue weighted by Crippen LogP contribution is -2.41. The Morgan fingerprint density at radius 2 is 1.82 bits per heavy atom. The van der Waals surface area contributed by atoms with Crippen LogP contribution in [0.5, 0.6) is 0 Å². The maximum absolute atomic E-state index is 13.0. The van der Waals surface area contributed by atoms with Gasteiger partial charge in [0.2, 0.25) is 5.91 Å². The van der Waals surface area contributed by atoms with Gasteiger partial charge in [0.05, 0.1) is 22.0 Å². The molecule has 2 aliphatic heterocycles. The second-order valence-electron chi connectivity index (χ2n) is 9.38. The van der Waals surface area contributed by atoms with Crippen molar-refractivity contribution in [1.82, 2.24) is 19.4 Å². The molecule has 0 aromatic carbocycles. The monoisotopic (exact) mass is 585 g/mol. The van der Waals surface area contributed by atoms with Crippen LogP contribution in [0.1, 0.15) is 58.8 Å². The average molecular weight is 586 g/mol. The fourth-order valence-corrected chi connectivity index (χ4v) is 5.56. The minimum Gasteiger partial charge on any atom is -0.385 e. The highest BCUT2D eigenvalue weighted by Crippen LogP contribution is 2.34. The molecule has 5 heterocycles. The highest BCUT2D eigenvalue weighted by atomic mass is 32.1. The fourth-order valence-electron chi connectivity index (χ4n) is 4.56. The van der Waals surface area contributed by atoms with Crippen molar-refractivity contribution in [2.24, 2.45) is 5.16 Å². The van der Waals surface area contributed by atoms with Crippen LogP contribution in [-0.2, 0) is 28.5 Å². The number of hydrogen-bond donors (Lipinski definition) is 0. The number of likely N-dealkylation sites (tertiary alicyclic amines) is 1. The molecule has 40 heavy (non-hydrogen) atoms. The minimum absolute atomic E-state index is 0.0503. The van der Waals surface area contributed by atoms with E-state index in [9.17, 15) is 35.9 Å². The van der Waals surface area contributed by atoms with Gasteiger partial charge >= 0.3 is 12.4 Å². The normalized spacial score (nSPS) is 18.5. The van der Waals surface area contributed by atoms with Crippen LogP contribution in [0.3, 0.4) is 0 Å². The summed E-state index contributed by atoms with van der Waals surface area (Å²) >= 11 is 1.42. The summed E-state index contributed by atoms with van der Waals surface area (Å²) in [4.78, 5) is 40.3. The molecule has 2 aliphatic rings. The number of hydrogen-bond acceptors (Lipinski definition) is 7. The largest absolute Gasteiger partial charge is 0.421 e. The van der Waals surface area contributed by atoms with E-state index < -0.39 is 47.6 Å². The van der Waals surface area contributed by atoms with Crippen molar-refractivity contribution < 1.29 is 36.0 Å². The zero-order valence-corrected chi connectivity index (χ0v) is 21.4. The zero-order valence-electron chi connectivity index (χ0n) is 20.6. The molecule has 0 aliphatic carbocycles. The number of amides is 1. The first-order valence-corrected chi connectivity index (χ1v) is 13.0. The van der Waals surface area contributed by atoms with Gasteiger partial charge in [0.15, 0.2) is 6.10 Å². The van der Waals surface area contributed by atoms with Crippen molar-refractivity contribution in [2.45, 2.75) is 50.2 Å². The maximum Gasteiger partial charge on any atom is 0.421 e. The average Bonchev–Trinajstić information content (AvgIpc) is 3.59. The van der Waals surface area contributed by atoms with Crippen molar-refractivity contribution in [1.29, 1.82) is 0 Å². The number of nitrogens with zero attached hydrogens (tertiary/aromatic N) is 5. The second-order valence-corrected chi connectivity index (χ2v) is 10.3. The lowest BCUT2D eigenvalue weighted by molar-refractivity contribution is -0.140. The number of halogens is 6. The van der Waals surface area contributed by atoms with Gasteiger partial charge in [0.1, 0.15) is 17.8 Å². The minimum atomic E-state index is -4.80. The number of thiazole rings is 1. The molecule has 0 radical (unpaired) electrons. The number of carbonyl (C=O) groups is 1. The Morgan fingerprint density at radius 3 is 2.48 bits per heavy atom. The quantitative estimate of drug-likeness (QED) is 0.393. The summed E-state index contributed by atoms with van der Waals surface area (Å²) in [5.74, 6) is -0.394. The molecular formula is C25H21F6N5O3S. The highest BCUT2D eigenvalue weighted by molar-refractivity contribution is 7.10. The molecule has 212 valence electrons. The molecule has 1 atom stereocenters. The molecule has 1 unspecified atom stereocenters. The van der Waals surface area contributed by atoms with E-state index in [1.54, 1.807) is 0 Å². The lowest BCUT2D eigenvalue weighted by atomic mass is 9.97. The van der Waals surface area contributed by atoms with Gasteiger partial charge in [-0.2, -0.15) is 26.3 Å². The third-order valence-electron chi connectivity index (χ3n) is 6.76. The summed E-state index contributed by atoms with van der Waals surface area (Å²) < 4.78 is 78.1. The molecule has 1 fully saturated rings. The molecular weight excluding hydrogens is 564 g/mol. The first kappa shape index (κ1) is 27.8. The number of carbonyl (C=O) groups excluding carboxylic acids is 1. The first-order valence-electron chi connectivity index (χ1n) is 12.2. The molecule has 3 aromatic heterocycles. The smallest absolute Gasteiger partial charge is 0.385 e. The van der Waals surface area contributed by atoms with Crippen LogP contribution in [0.15, 0.2) is 52.0 Å². The van der Waals surface area contributed by atoms with Crippen molar-refractivity contribution in [3.63, 3.8) is 0 Å². The third kappa shape index (κ3) is 5.88. The molecule has 0 bridgehead atoms. The van der Waals surface area contributed by atoms with E-state index >= 15 is 0 Å². The van der Waals surface area contributed by atoms with Crippen LogP contribution in [0.25, 0.3) is 0 Å². The summed E-state index contributed by atoms with van der Waals surface area (Å²) in [5, 5.41) is 6.69. The predicted molar refractivity (Wildman–Crippen MR) is 131 cm³/mol. The summed E-state index contributed by atoms with van der Waals surface area (Å²) in [7, 11) is 0. The molecule has 15 heteroatoms. The molecule has 5 rings (SSSR count). The highest BCUT2D eigenvalue weighted by Gasteiger charge is 2.35. The fraction of sp³-hybridized carbons (Fsp3) is 0.400. The SMILES string of the molecule is O=C(Cn1cccc(C(F)(F)F)c1=O)N1CCC(c2nc(C3=NOC(c4ccc(C(F)(F)F)cn4)C3)cs2)CC1. The van der Waals surface area contributed by atoms with Crippen LogP contribution in [0.4, 0.5) is 26.3 Å². The number of piperidine rings is 1. The molecule has 8 nitrogen and oxygen atoms in total. The van der Waals surface area contributed by atoms with Gasteiger partial charge in [-0.3, -0.25) is 14.6 Å². The van der Waals surface area contributed by atoms with Gasteiger partial charge in [0, 0.05) is 43.2 Å². The Hall–Kier alpha value is -3.75. The number of rotatable bonds is 5. The Labute approximate surface area is 226 Å². The molecule has 0 spiro atoms. The van der Waals surface area contributed by atoms with Gasteiger partial charge < -0.3 is 14.3 Å². The standard InChI is InChI=1S/C25H21F6N5O3S/c26-24(27,28)15-3-4-17(32-11-15)20-10-18(34-39-20)19-13-40-22(33-19)14-5-8-35(9-6-14)21(37)12-36-7-1-2-16(23(36)38)25(29,30)31/h1-4,7,11,13-14,20H,5-6,8-10,12H2. The summed E-state index contributed by atoms with van der Waals surface area (Å²) in [5.41, 5.74) is -1.96. The summed E-state index contributed by atoms with van der Waals surface area (Å²) in [6.45, 7) is 0.235. The van der Waals surface area contributed by atoms with Crippen molar-refractivity contribution in [3.05, 3.63) is 79.9 Å². The van der Waals surface area contributed by atoms with Crippen LogP contribution >= 0.6 is 11.3 Å². The van der Waals surface area contributed by atoms with Gasteiger partial charge in [0.25, 0.3) is 5.56 Å². The van der Waals surface area contributed by atoms with Gasteiger partial charge in [-0.25, -0.2) is 4.98 Å². The van der Waals surface area contributed by atoms with E-state index in [0.717, 1.165) is 34.1 Å². The molecule has 0 saturated carbocycles. The van der Waals surface area contributed by atoms with Crippen molar-refractivity contribution in [2.75, 3.05) is 13.1 Å². The van der Waals surface area contributed by atoms with Crippen LogP contribution in [0.2, 0.25) is 0 Å². The third-order valence-corrected chi connectivity index (χ3v) is 7.77. The molecule has 0 N–H and O–H groups in total. The number of aromatic nitrogens is 3. The maximum atomic E-state index is 13.0. The van der Waals surface area contributed by atoms with Crippen LogP contribution in [0, 0.1) is 0 Å². The van der Waals surface area contributed by atoms with E-state index in [0.29, 0.717) is 55.5 Å². The Morgan fingerprint density at radius 1 is 1.07 bits per heavy atom. The van der Waals surface area contributed by atoms with Crippen LogP contribution in [-0.4, -0.2) is 44.1 Å². The first-order chi connectivity index (χ1) is 18.9. The lowest BCUT2D eigenvalue weighted by Gasteiger charge is -2.31. The van der Waals surface area contributed by atoms with E-state index in [1.165, 1.54) is 22.3 Å². The molecule has 1 amide bonds. The van der Waals surface area contributed by atoms with Gasteiger partial charge in [-0.1, -0.05) is 5.16 Å². The molecule has 3 aromatic rings. The van der Waals surface area contributed by atoms with Gasteiger partial charge in [-0.05, 0) is 37.1 Å². The topological polar surface area (TPSA) is 89.7 Å². The second kappa shape index (κ2) is 10.7. The number of alkyl halides is 6. The summed E-state index contributed by atoms with van der Waals surface area (Å²) in [6.07, 6.45) is -6.53.